The fourth-order valence-corrected chi connectivity index (χ4v) is 3.47. The Bertz CT molecular complexity index is 932. The fourth-order valence-electron chi connectivity index (χ4n) is 2.31. The number of anilines is 2. The van der Waals surface area contributed by atoms with Gasteiger partial charge in [-0.05, 0) is 29.8 Å². The number of nitrogens with zero attached hydrogens (tertiary/aromatic N) is 3. The Morgan fingerprint density at radius 1 is 1.20 bits per heavy atom. The minimum absolute atomic E-state index is 0.0633. The van der Waals surface area contributed by atoms with Crippen LogP contribution in [0.5, 0.6) is 0 Å². The van der Waals surface area contributed by atoms with E-state index in [9.17, 15) is 4.79 Å². The number of benzene rings is 2. The van der Waals surface area contributed by atoms with Crippen molar-refractivity contribution in [3.05, 3.63) is 75.8 Å². The third kappa shape index (κ3) is 3.79. The van der Waals surface area contributed by atoms with E-state index < -0.39 is 5.91 Å². The van der Waals surface area contributed by atoms with Crippen LogP contribution in [-0.4, -0.2) is 10.9 Å². The first-order valence-electron chi connectivity index (χ1n) is 7.36. The molecule has 5 nitrogen and oxygen atoms in total. The first-order chi connectivity index (χ1) is 12.1. The zero-order valence-corrected chi connectivity index (χ0v) is 14.6. The van der Waals surface area contributed by atoms with E-state index in [1.165, 1.54) is 11.3 Å². The second-order valence-electron chi connectivity index (χ2n) is 5.21. The van der Waals surface area contributed by atoms with Crippen LogP contribution in [0.25, 0.3) is 0 Å². The van der Waals surface area contributed by atoms with Crippen molar-refractivity contribution >= 4 is 39.7 Å². The minimum atomic E-state index is -0.660. The Labute approximate surface area is 153 Å². The Morgan fingerprint density at radius 3 is 2.44 bits per heavy atom. The van der Waals surface area contributed by atoms with Gasteiger partial charge in [0, 0.05) is 5.69 Å². The van der Waals surface area contributed by atoms with E-state index in [0.717, 1.165) is 11.3 Å². The van der Waals surface area contributed by atoms with Crippen molar-refractivity contribution < 1.29 is 4.79 Å². The van der Waals surface area contributed by atoms with E-state index in [1.54, 1.807) is 12.1 Å². The number of thiazole rings is 1. The number of aromatic nitrogens is 1. The van der Waals surface area contributed by atoms with Crippen LogP contribution < -0.4 is 10.6 Å². The summed E-state index contributed by atoms with van der Waals surface area (Å²) in [5.74, 6) is -0.660. The van der Waals surface area contributed by atoms with Gasteiger partial charge in [0.2, 0.25) is 0 Å². The van der Waals surface area contributed by atoms with Crippen molar-refractivity contribution in [2.75, 3.05) is 4.90 Å². The molecule has 1 amide bonds. The lowest BCUT2D eigenvalue weighted by atomic mass is 10.2. The summed E-state index contributed by atoms with van der Waals surface area (Å²) < 4.78 is 0.259. The van der Waals surface area contributed by atoms with Gasteiger partial charge in [0.1, 0.15) is 4.34 Å². The van der Waals surface area contributed by atoms with Gasteiger partial charge >= 0.3 is 0 Å². The Morgan fingerprint density at radius 2 is 1.88 bits per heavy atom. The van der Waals surface area contributed by atoms with Crippen molar-refractivity contribution in [1.82, 2.24) is 4.98 Å². The molecule has 1 aromatic heterocycles. The number of nitrogens with two attached hydrogens (primary N) is 1. The molecule has 25 heavy (non-hydrogen) atoms. The second-order valence-corrected chi connectivity index (χ2v) is 6.79. The van der Waals surface area contributed by atoms with Crippen LogP contribution in [0.4, 0.5) is 10.8 Å². The smallest absolute Gasteiger partial charge is 0.269 e. The van der Waals surface area contributed by atoms with Crippen LogP contribution in [0.1, 0.15) is 21.6 Å². The first kappa shape index (κ1) is 17.0. The summed E-state index contributed by atoms with van der Waals surface area (Å²) in [5, 5.41) is 9.54. The van der Waals surface area contributed by atoms with Crippen LogP contribution >= 0.6 is 22.9 Å². The highest BCUT2D eigenvalue weighted by Gasteiger charge is 2.20. The van der Waals surface area contributed by atoms with Crippen LogP contribution in [0.2, 0.25) is 4.34 Å². The van der Waals surface area contributed by atoms with Crippen LogP contribution in [-0.2, 0) is 6.54 Å². The molecule has 3 aromatic rings. The van der Waals surface area contributed by atoms with E-state index >= 15 is 0 Å². The van der Waals surface area contributed by atoms with Crippen molar-refractivity contribution in [3.8, 4) is 6.07 Å². The molecular weight excluding hydrogens is 356 g/mol. The number of carbonyl (C=O) groups is 1. The maximum atomic E-state index is 11.5. The lowest BCUT2D eigenvalue weighted by Gasteiger charge is -2.22. The fraction of sp³-hybridized carbons (Fsp3) is 0.0556. The molecule has 0 aliphatic heterocycles. The molecule has 0 saturated heterocycles. The normalized spacial score (nSPS) is 10.2. The van der Waals surface area contributed by atoms with Gasteiger partial charge in [-0.15, -0.1) is 0 Å². The van der Waals surface area contributed by atoms with E-state index in [-0.39, 0.29) is 10.0 Å². The molecule has 3 rings (SSSR count). The van der Waals surface area contributed by atoms with Gasteiger partial charge in [-0.2, -0.15) is 5.26 Å². The second kappa shape index (κ2) is 7.34. The predicted molar refractivity (Wildman–Crippen MR) is 99.1 cm³/mol. The Balaban J connectivity index is 2.03. The predicted octanol–water partition coefficient (Wildman–Crippen LogP) is 4.11. The topological polar surface area (TPSA) is 83.0 Å². The molecule has 0 bridgehead atoms. The third-order valence-electron chi connectivity index (χ3n) is 3.53. The number of rotatable bonds is 5. The monoisotopic (exact) mass is 368 g/mol. The van der Waals surface area contributed by atoms with Crippen LogP contribution in [0.15, 0.2) is 54.6 Å². The van der Waals surface area contributed by atoms with Crippen molar-refractivity contribution in [2.45, 2.75) is 6.54 Å². The lowest BCUT2D eigenvalue weighted by Crippen LogP contribution is -2.17. The Hall–Kier alpha value is -2.88. The van der Waals surface area contributed by atoms with E-state index in [1.807, 2.05) is 47.4 Å². The number of halogens is 1. The van der Waals surface area contributed by atoms with Crippen LogP contribution in [0, 0.1) is 11.3 Å². The maximum absolute atomic E-state index is 11.5. The number of hydrogen-bond acceptors (Lipinski definition) is 5. The van der Waals surface area contributed by atoms with E-state index in [0.29, 0.717) is 17.2 Å². The molecule has 0 atom stereocenters. The standard InChI is InChI=1S/C18H13ClN4OS/c19-16-15(17(21)24)22-18(25-16)23(11-13-4-2-1-3-5-13)14-8-6-12(10-20)7-9-14/h1-9H,11H2,(H2,21,24). The van der Waals surface area contributed by atoms with Gasteiger partial charge in [0.05, 0.1) is 18.2 Å². The number of hydrogen-bond donors (Lipinski definition) is 1. The average molecular weight is 369 g/mol. The molecule has 1 heterocycles. The summed E-state index contributed by atoms with van der Waals surface area (Å²) in [6.45, 7) is 0.536. The lowest BCUT2D eigenvalue weighted by molar-refractivity contribution is 0.0996. The molecule has 2 aromatic carbocycles. The van der Waals surface area contributed by atoms with Gasteiger partial charge in [-0.3, -0.25) is 4.79 Å². The number of primary amides is 1. The molecule has 7 heteroatoms. The van der Waals surface area contributed by atoms with Gasteiger partial charge in [-0.1, -0.05) is 53.3 Å². The number of amides is 1. The molecule has 124 valence electrons. The molecule has 0 saturated carbocycles. The zero-order valence-electron chi connectivity index (χ0n) is 13.0. The van der Waals surface area contributed by atoms with E-state index in [4.69, 9.17) is 22.6 Å². The molecule has 0 unspecified atom stereocenters. The van der Waals surface area contributed by atoms with Gasteiger partial charge in [0.15, 0.2) is 10.8 Å². The third-order valence-corrected chi connectivity index (χ3v) is 4.81. The van der Waals surface area contributed by atoms with Crippen LogP contribution in [0.3, 0.4) is 0 Å². The highest BCUT2D eigenvalue weighted by atomic mass is 35.5. The summed E-state index contributed by atoms with van der Waals surface area (Å²) in [6.07, 6.45) is 0. The summed E-state index contributed by atoms with van der Waals surface area (Å²) in [7, 11) is 0. The summed E-state index contributed by atoms with van der Waals surface area (Å²) in [6, 6.07) is 19.1. The first-order valence-corrected chi connectivity index (χ1v) is 8.55. The average Bonchev–Trinajstić information content (AvgIpc) is 3.02. The van der Waals surface area contributed by atoms with Crippen molar-refractivity contribution in [2.24, 2.45) is 5.73 Å². The molecule has 0 radical (unpaired) electrons. The number of carbonyl (C=O) groups excluding carboxylic acids is 1. The minimum Gasteiger partial charge on any atom is -0.364 e. The quantitative estimate of drug-likeness (QED) is 0.734. The van der Waals surface area contributed by atoms with Crippen molar-refractivity contribution in [1.29, 1.82) is 5.26 Å². The highest BCUT2D eigenvalue weighted by Crippen LogP contribution is 2.35. The zero-order chi connectivity index (χ0) is 17.8. The van der Waals surface area contributed by atoms with Gasteiger partial charge in [-0.25, -0.2) is 4.98 Å². The molecule has 0 fully saturated rings. The van der Waals surface area contributed by atoms with Gasteiger partial charge in [0.25, 0.3) is 5.91 Å². The molecule has 0 aliphatic carbocycles. The Kier molecular flexibility index (Phi) is 4.98. The summed E-state index contributed by atoms with van der Waals surface area (Å²) >= 11 is 7.30. The summed E-state index contributed by atoms with van der Waals surface area (Å²) in [5.41, 5.74) is 7.86. The largest absolute Gasteiger partial charge is 0.364 e. The summed E-state index contributed by atoms with van der Waals surface area (Å²) in [4.78, 5) is 17.7. The maximum Gasteiger partial charge on any atom is 0.269 e. The van der Waals surface area contributed by atoms with Gasteiger partial charge < -0.3 is 10.6 Å². The molecule has 0 spiro atoms. The number of nitriles is 1. The molecule has 0 aliphatic rings. The highest BCUT2D eigenvalue weighted by molar-refractivity contribution is 7.19. The molecule has 2 N–H and O–H groups in total. The SMILES string of the molecule is N#Cc1ccc(N(Cc2ccccc2)c2nc(C(N)=O)c(Cl)s2)cc1. The van der Waals surface area contributed by atoms with E-state index in [2.05, 4.69) is 11.1 Å². The van der Waals surface area contributed by atoms with Crippen molar-refractivity contribution in [3.63, 3.8) is 0 Å². The molecular formula is C18H13ClN4OS.